The van der Waals surface area contributed by atoms with Crippen molar-refractivity contribution in [1.29, 1.82) is 0 Å². The lowest BCUT2D eigenvalue weighted by molar-refractivity contribution is -0.138. The van der Waals surface area contributed by atoms with Gasteiger partial charge in [0, 0.05) is 12.1 Å². The number of alkyl halides is 3. The summed E-state index contributed by atoms with van der Waals surface area (Å²) in [6.45, 7) is 3.22. The molecule has 108 valence electrons. The Morgan fingerprint density at radius 2 is 2.00 bits per heavy atom. The Morgan fingerprint density at radius 1 is 1.37 bits per heavy atom. The number of halogens is 3. The molecule has 1 heterocycles. The summed E-state index contributed by atoms with van der Waals surface area (Å²) < 4.78 is 36.8. The van der Waals surface area contributed by atoms with Crippen molar-refractivity contribution in [2.24, 2.45) is 0 Å². The number of carbonyl (C=O) groups excluding carboxylic acids is 1. The Bertz CT molecular complexity index is 447. The molecule has 0 spiro atoms. The predicted molar refractivity (Wildman–Crippen MR) is 62.8 cm³/mol. The van der Waals surface area contributed by atoms with Crippen molar-refractivity contribution in [3.05, 3.63) is 5.01 Å². The van der Waals surface area contributed by atoms with Crippen molar-refractivity contribution in [1.82, 2.24) is 15.5 Å². The Kier molecular flexibility index (Phi) is 4.69. The van der Waals surface area contributed by atoms with Crippen LogP contribution in [0.1, 0.15) is 25.3 Å². The molecule has 10 heteroatoms. The number of aliphatic hydroxyl groups excluding tert-OH is 1. The molecular formula is C9H13F3N4O2S. The summed E-state index contributed by atoms with van der Waals surface area (Å²) in [5.74, 6) is 0. The molecule has 0 radical (unpaired) electrons. The number of carbonyl (C=O) groups is 1. The number of anilines is 1. The molecule has 2 amide bonds. The molecule has 0 fully saturated rings. The number of hydrogen-bond acceptors (Lipinski definition) is 5. The third-order valence-electron chi connectivity index (χ3n) is 2.08. The molecule has 3 N–H and O–H groups in total. The van der Waals surface area contributed by atoms with Gasteiger partial charge in [0.25, 0.3) is 0 Å². The predicted octanol–water partition coefficient (Wildman–Crippen LogP) is 1.84. The van der Waals surface area contributed by atoms with E-state index < -0.39 is 22.8 Å². The van der Waals surface area contributed by atoms with E-state index in [9.17, 15) is 18.0 Å². The average Bonchev–Trinajstić information content (AvgIpc) is 2.63. The number of aliphatic hydroxyl groups is 1. The molecule has 0 unspecified atom stereocenters. The van der Waals surface area contributed by atoms with Crippen molar-refractivity contribution in [2.75, 3.05) is 11.9 Å². The van der Waals surface area contributed by atoms with E-state index in [1.165, 1.54) is 0 Å². The van der Waals surface area contributed by atoms with E-state index in [-0.39, 0.29) is 23.1 Å². The molecule has 0 bridgehead atoms. The highest BCUT2D eigenvalue weighted by Gasteiger charge is 2.35. The molecule has 1 aromatic rings. The molecule has 19 heavy (non-hydrogen) atoms. The maximum Gasteiger partial charge on any atom is 0.445 e. The van der Waals surface area contributed by atoms with Crippen LogP contribution in [0.3, 0.4) is 0 Å². The van der Waals surface area contributed by atoms with Crippen molar-refractivity contribution < 1.29 is 23.1 Å². The minimum absolute atomic E-state index is 0.121. The highest BCUT2D eigenvalue weighted by atomic mass is 32.1. The van der Waals surface area contributed by atoms with Crippen LogP contribution in [0.5, 0.6) is 0 Å². The molecule has 0 aliphatic rings. The Morgan fingerprint density at radius 3 is 2.47 bits per heavy atom. The SMILES string of the molecule is CC(C)(CCO)NC(=O)Nc1nnc(C(F)(F)F)s1. The van der Waals surface area contributed by atoms with Crippen molar-refractivity contribution in [3.8, 4) is 0 Å². The zero-order chi connectivity index (χ0) is 14.7. The number of nitrogens with one attached hydrogen (secondary N) is 2. The van der Waals surface area contributed by atoms with Gasteiger partial charge < -0.3 is 10.4 Å². The fourth-order valence-corrected chi connectivity index (χ4v) is 1.77. The number of urea groups is 1. The summed E-state index contributed by atoms with van der Waals surface area (Å²) in [6.07, 6.45) is -4.27. The lowest BCUT2D eigenvalue weighted by atomic mass is 10.0. The minimum atomic E-state index is -4.58. The van der Waals surface area contributed by atoms with Crippen LogP contribution in [0.2, 0.25) is 0 Å². The van der Waals surface area contributed by atoms with Crippen LogP contribution in [-0.2, 0) is 6.18 Å². The summed E-state index contributed by atoms with van der Waals surface area (Å²) in [5.41, 5.74) is -0.684. The van der Waals surface area contributed by atoms with Gasteiger partial charge in [-0.1, -0.05) is 11.3 Å². The molecule has 6 nitrogen and oxygen atoms in total. The maximum atomic E-state index is 12.3. The summed E-state index contributed by atoms with van der Waals surface area (Å²) in [6, 6.07) is -0.705. The second-order valence-electron chi connectivity index (χ2n) is 4.35. The van der Waals surface area contributed by atoms with Gasteiger partial charge in [0.2, 0.25) is 10.1 Å². The highest BCUT2D eigenvalue weighted by Crippen LogP contribution is 2.32. The second-order valence-corrected chi connectivity index (χ2v) is 5.32. The van der Waals surface area contributed by atoms with Crippen LogP contribution in [0.4, 0.5) is 23.1 Å². The third kappa shape index (κ3) is 4.99. The van der Waals surface area contributed by atoms with E-state index in [0.717, 1.165) is 0 Å². The highest BCUT2D eigenvalue weighted by molar-refractivity contribution is 7.15. The van der Waals surface area contributed by atoms with Crippen LogP contribution >= 0.6 is 11.3 Å². The first-order chi connectivity index (χ1) is 8.64. The lowest BCUT2D eigenvalue weighted by Crippen LogP contribution is -2.46. The summed E-state index contributed by atoms with van der Waals surface area (Å²) in [5, 5.41) is 18.2. The standard InChI is InChI=1S/C9H13F3N4O2S/c1-8(2,3-4-17)14-6(18)13-7-16-15-5(19-7)9(10,11)12/h17H,3-4H2,1-2H3,(H2,13,14,16,18). The first-order valence-corrected chi connectivity index (χ1v) is 6.06. The number of rotatable bonds is 4. The van der Waals surface area contributed by atoms with E-state index in [2.05, 4.69) is 20.8 Å². The monoisotopic (exact) mass is 298 g/mol. The zero-order valence-corrected chi connectivity index (χ0v) is 11.0. The van der Waals surface area contributed by atoms with Crippen LogP contribution < -0.4 is 10.6 Å². The van der Waals surface area contributed by atoms with Crippen LogP contribution in [0.25, 0.3) is 0 Å². The fourth-order valence-electron chi connectivity index (χ4n) is 1.17. The van der Waals surface area contributed by atoms with E-state index in [4.69, 9.17) is 5.11 Å². The van der Waals surface area contributed by atoms with E-state index in [0.29, 0.717) is 6.42 Å². The largest absolute Gasteiger partial charge is 0.445 e. The van der Waals surface area contributed by atoms with Gasteiger partial charge >= 0.3 is 12.2 Å². The average molecular weight is 298 g/mol. The maximum absolute atomic E-state index is 12.3. The molecule has 0 atom stereocenters. The van der Waals surface area contributed by atoms with Gasteiger partial charge in [-0.15, -0.1) is 10.2 Å². The molecule has 0 saturated heterocycles. The van der Waals surface area contributed by atoms with E-state index in [1.54, 1.807) is 13.8 Å². The van der Waals surface area contributed by atoms with Crippen LogP contribution in [-0.4, -0.2) is 33.5 Å². The van der Waals surface area contributed by atoms with Crippen LogP contribution in [0.15, 0.2) is 0 Å². The van der Waals surface area contributed by atoms with Gasteiger partial charge in [0.05, 0.1) is 0 Å². The number of amides is 2. The quantitative estimate of drug-likeness (QED) is 0.791. The van der Waals surface area contributed by atoms with E-state index in [1.807, 2.05) is 0 Å². The normalized spacial score (nSPS) is 12.3. The molecular weight excluding hydrogens is 285 g/mol. The van der Waals surface area contributed by atoms with Crippen molar-refractivity contribution in [3.63, 3.8) is 0 Å². The lowest BCUT2D eigenvalue weighted by Gasteiger charge is -2.24. The van der Waals surface area contributed by atoms with Gasteiger partial charge in [-0.05, 0) is 20.3 Å². The molecule has 1 aromatic heterocycles. The third-order valence-corrected chi connectivity index (χ3v) is 2.96. The molecule has 1 rings (SSSR count). The van der Waals surface area contributed by atoms with E-state index >= 15 is 0 Å². The first kappa shape index (κ1) is 15.6. The van der Waals surface area contributed by atoms with Gasteiger partial charge in [-0.25, -0.2) is 4.79 Å². The minimum Gasteiger partial charge on any atom is -0.396 e. The fraction of sp³-hybridized carbons (Fsp3) is 0.667. The summed E-state index contributed by atoms with van der Waals surface area (Å²) >= 11 is 0.239. The number of aromatic nitrogens is 2. The second kappa shape index (κ2) is 5.70. The molecule has 0 aliphatic carbocycles. The Hall–Kier alpha value is -1.42. The van der Waals surface area contributed by atoms with Gasteiger partial charge in [0.1, 0.15) is 0 Å². The van der Waals surface area contributed by atoms with Crippen LogP contribution in [0, 0.1) is 0 Å². The van der Waals surface area contributed by atoms with Gasteiger partial charge in [-0.3, -0.25) is 5.32 Å². The van der Waals surface area contributed by atoms with Gasteiger partial charge in [0.15, 0.2) is 0 Å². The smallest absolute Gasteiger partial charge is 0.396 e. The first-order valence-electron chi connectivity index (χ1n) is 5.25. The summed E-state index contributed by atoms with van der Waals surface area (Å²) in [4.78, 5) is 11.5. The number of nitrogens with zero attached hydrogens (tertiary/aromatic N) is 2. The molecule has 0 saturated carbocycles. The Balaban J connectivity index is 2.60. The topological polar surface area (TPSA) is 87.1 Å². The summed E-state index contributed by atoms with van der Waals surface area (Å²) in [7, 11) is 0. The van der Waals surface area contributed by atoms with Crippen molar-refractivity contribution >= 4 is 22.5 Å². The molecule has 0 aliphatic heterocycles. The van der Waals surface area contributed by atoms with Crippen molar-refractivity contribution in [2.45, 2.75) is 32.0 Å². The Labute approximate surface area is 111 Å². The zero-order valence-electron chi connectivity index (χ0n) is 10.2. The van der Waals surface area contributed by atoms with Gasteiger partial charge in [-0.2, -0.15) is 13.2 Å². The number of hydrogen-bond donors (Lipinski definition) is 3. The molecule has 0 aromatic carbocycles.